The molecule has 0 radical (unpaired) electrons. The number of carbonyl (C=O) groups is 1. The Bertz CT molecular complexity index is 641. The first-order valence-corrected chi connectivity index (χ1v) is 6.95. The van der Waals surface area contributed by atoms with Crippen LogP contribution in [0.1, 0.15) is 17.2 Å². The number of halogens is 1. The van der Waals surface area contributed by atoms with E-state index in [4.69, 9.17) is 0 Å². The Morgan fingerprint density at radius 2 is 1.82 bits per heavy atom. The monoisotopic (exact) mass is 302 g/mol. The number of nitrogens with zero attached hydrogens (tertiary/aromatic N) is 1. The van der Waals surface area contributed by atoms with E-state index in [1.807, 2.05) is 0 Å². The van der Waals surface area contributed by atoms with Crippen LogP contribution < -0.4 is 5.32 Å². The SMILES string of the molecule is CN(C)C(C(=O)NCc1ccc(O)cc1)c1ccccc1F. The first-order valence-electron chi connectivity index (χ1n) is 6.95. The van der Waals surface area contributed by atoms with Crippen LogP contribution in [0.4, 0.5) is 4.39 Å². The minimum Gasteiger partial charge on any atom is -0.508 e. The standard InChI is InChI=1S/C17H19FN2O2/c1-20(2)16(14-5-3-4-6-15(14)18)17(22)19-11-12-7-9-13(21)10-8-12/h3-10,16,21H,11H2,1-2H3,(H,19,22). The molecule has 4 nitrogen and oxygen atoms in total. The number of rotatable bonds is 5. The highest BCUT2D eigenvalue weighted by atomic mass is 19.1. The van der Waals surface area contributed by atoms with Gasteiger partial charge in [-0.2, -0.15) is 0 Å². The largest absolute Gasteiger partial charge is 0.508 e. The van der Waals surface area contributed by atoms with E-state index in [0.29, 0.717) is 12.1 Å². The summed E-state index contributed by atoms with van der Waals surface area (Å²) < 4.78 is 13.9. The van der Waals surface area contributed by atoms with Gasteiger partial charge in [-0.3, -0.25) is 9.69 Å². The summed E-state index contributed by atoms with van der Waals surface area (Å²) >= 11 is 0. The minimum atomic E-state index is -0.696. The van der Waals surface area contributed by atoms with Crippen molar-refractivity contribution in [3.05, 3.63) is 65.5 Å². The maximum atomic E-state index is 13.9. The maximum Gasteiger partial charge on any atom is 0.242 e. The zero-order valence-electron chi connectivity index (χ0n) is 12.6. The van der Waals surface area contributed by atoms with Crippen molar-refractivity contribution in [2.75, 3.05) is 14.1 Å². The summed E-state index contributed by atoms with van der Waals surface area (Å²) in [7, 11) is 3.47. The van der Waals surface area contributed by atoms with Crippen LogP contribution in [0.5, 0.6) is 5.75 Å². The highest BCUT2D eigenvalue weighted by Gasteiger charge is 2.25. The molecule has 2 aromatic carbocycles. The Kier molecular flexibility index (Phi) is 5.12. The van der Waals surface area contributed by atoms with Gasteiger partial charge in [0.15, 0.2) is 0 Å². The smallest absolute Gasteiger partial charge is 0.242 e. The lowest BCUT2D eigenvalue weighted by Gasteiger charge is -2.24. The second-order valence-corrected chi connectivity index (χ2v) is 5.27. The molecule has 0 fully saturated rings. The average Bonchev–Trinajstić information content (AvgIpc) is 2.48. The molecule has 0 bridgehead atoms. The molecule has 0 saturated heterocycles. The Hall–Kier alpha value is -2.40. The number of likely N-dealkylation sites (N-methyl/N-ethyl adjacent to an activating group) is 1. The summed E-state index contributed by atoms with van der Waals surface area (Å²) in [4.78, 5) is 14.1. The van der Waals surface area contributed by atoms with Crippen molar-refractivity contribution in [1.82, 2.24) is 10.2 Å². The third-order valence-corrected chi connectivity index (χ3v) is 3.37. The zero-order valence-corrected chi connectivity index (χ0v) is 12.6. The molecule has 0 heterocycles. The van der Waals surface area contributed by atoms with Crippen molar-refractivity contribution < 1.29 is 14.3 Å². The number of amides is 1. The predicted octanol–water partition coefficient (Wildman–Crippen LogP) is 2.45. The summed E-state index contributed by atoms with van der Waals surface area (Å²) in [5.41, 5.74) is 1.20. The van der Waals surface area contributed by atoms with Gasteiger partial charge in [-0.25, -0.2) is 4.39 Å². The summed E-state index contributed by atoms with van der Waals surface area (Å²) in [6.45, 7) is 0.317. The van der Waals surface area contributed by atoms with Gasteiger partial charge >= 0.3 is 0 Å². The Labute approximate surface area is 129 Å². The third-order valence-electron chi connectivity index (χ3n) is 3.37. The van der Waals surface area contributed by atoms with E-state index in [1.54, 1.807) is 61.5 Å². The van der Waals surface area contributed by atoms with Gasteiger partial charge in [-0.1, -0.05) is 30.3 Å². The molecule has 5 heteroatoms. The molecule has 2 aromatic rings. The van der Waals surface area contributed by atoms with Crippen LogP contribution in [0, 0.1) is 5.82 Å². The first-order chi connectivity index (χ1) is 10.5. The fraction of sp³-hybridized carbons (Fsp3) is 0.235. The molecule has 0 spiro atoms. The predicted molar refractivity (Wildman–Crippen MR) is 82.8 cm³/mol. The molecule has 2 rings (SSSR count). The molecule has 2 N–H and O–H groups in total. The first kappa shape index (κ1) is 16.0. The van der Waals surface area contributed by atoms with Crippen LogP contribution in [0.2, 0.25) is 0 Å². The van der Waals surface area contributed by atoms with Crippen LogP contribution in [-0.4, -0.2) is 30.0 Å². The number of carbonyl (C=O) groups excluding carboxylic acids is 1. The van der Waals surface area contributed by atoms with Gasteiger partial charge in [0.25, 0.3) is 0 Å². The zero-order chi connectivity index (χ0) is 16.1. The van der Waals surface area contributed by atoms with E-state index >= 15 is 0 Å². The number of phenols is 1. The van der Waals surface area contributed by atoms with Crippen LogP contribution in [0.25, 0.3) is 0 Å². The van der Waals surface area contributed by atoms with E-state index in [0.717, 1.165) is 5.56 Å². The summed E-state index contributed by atoms with van der Waals surface area (Å²) in [6, 6.07) is 12.1. The lowest BCUT2D eigenvalue weighted by molar-refractivity contribution is -0.126. The Balaban J connectivity index is 2.11. The summed E-state index contributed by atoms with van der Waals surface area (Å²) in [6.07, 6.45) is 0. The van der Waals surface area contributed by atoms with Crippen molar-refractivity contribution in [2.45, 2.75) is 12.6 Å². The number of hydrogen-bond acceptors (Lipinski definition) is 3. The molecular formula is C17H19FN2O2. The number of aromatic hydroxyl groups is 1. The number of phenolic OH excluding ortho intramolecular Hbond substituents is 1. The topological polar surface area (TPSA) is 52.6 Å². The van der Waals surface area contributed by atoms with E-state index in [1.165, 1.54) is 6.07 Å². The van der Waals surface area contributed by atoms with Crippen molar-refractivity contribution in [3.63, 3.8) is 0 Å². The molecule has 22 heavy (non-hydrogen) atoms. The van der Waals surface area contributed by atoms with Crippen LogP contribution >= 0.6 is 0 Å². The molecule has 1 atom stereocenters. The van der Waals surface area contributed by atoms with Gasteiger partial charge < -0.3 is 10.4 Å². The minimum absolute atomic E-state index is 0.174. The van der Waals surface area contributed by atoms with Crippen molar-refractivity contribution >= 4 is 5.91 Å². The molecule has 0 saturated carbocycles. The van der Waals surface area contributed by atoms with Gasteiger partial charge in [-0.15, -0.1) is 0 Å². The normalized spacial score (nSPS) is 12.2. The second-order valence-electron chi connectivity index (χ2n) is 5.27. The highest BCUT2D eigenvalue weighted by Crippen LogP contribution is 2.21. The van der Waals surface area contributed by atoms with Crippen molar-refractivity contribution in [2.24, 2.45) is 0 Å². The van der Waals surface area contributed by atoms with Gasteiger partial charge in [-0.05, 0) is 37.9 Å². The van der Waals surface area contributed by atoms with Crippen molar-refractivity contribution in [3.8, 4) is 5.75 Å². The molecule has 116 valence electrons. The number of nitrogens with one attached hydrogen (secondary N) is 1. The Morgan fingerprint density at radius 3 is 2.41 bits per heavy atom. The van der Waals surface area contributed by atoms with Gasteiger partial charge in [0, 0.05) is 12.1 Å². The van der Waals surface area contributed by atoms with Crippen molar-refractivity contribution in [1.29, 1.82) is 0 Å². The molecular weight excluding hydrogens is 283 g/mol. The molecule has 1 amide bonds. The van der Waals surface area contributed by atoms with Crippen LogP contribution in [-0.2, 0) is 11.3 Å². The lowest BCUT2D eigenvalue weighted by Crippen LogP contribution is -2.37. The molecule has 0 aliphatic rings. The second kappa shape index (κ2) is 7.04. The van der Waals surface area contributed by atoms with E-state index < -0.39 is 11.9 Å². The number of benzene rings is 2. The molecule has 0 aliphatic carbocycles. The fourth-order valence-corrected chi connectivity index (χ4v) is 2.25. The van der Waals surface area contributed by atoms with Gasteiger partial charge in [0.05, 0.1) is 0 Å². The highest BCUT2D eigenvalue weighted by molar-refractivity contribution is 5.83. The van der Waals surface area contributed by atoms with E-state index in [9.17, 15) is 14.3 Å². The van der Waals surface area contributed by atoms with E-state index in [2.05, 4.69) is 5.32 Å². The Morgan fingerprint density at radius 1 is 1.18 bits per heavy atom. The van der Waals surface area contributed by atoms with E-state index in [-0.39, 0.29) is 11.7 Å². The molecule has 1 unspecified atom stereocenters. The molecule has 0 aliphatic heterocycles. The molecule has 0 aromatic heterocycles. The summed E-state index contributed by atoms with van der Waals surface area (Å²) in [5, 5.41) is 12.0. The lowest BCUT2D eigenvalue weighted by atomic mass is 10.0. The summed E-state index contributed by atoms with van der Waals surface area (Å²) in [5.74, 6) is -0.503. The maximum absolute atomic E-state index is 13.9. The van der Waals surface area contributed by atoms with Crippen LogP contribution in [0.3, 0.4) is 0 Å². The number of hydrogen-bond donors (Lipinski definition) is 2. The fourth-order valence-electron chi connectivity index (χ4n) is 2.25. The third kappa shape index (κ3) is 3.83. The quantitative estimate of drug-likeness (QED) is 0.892. The van der Waals surface area contributed by atoms with Gasteiger partial charge in [0.2, 0.25) is 5.91 Å². The van der Waals surface area contributed by atoms with Gasteiger partial charge in [0.1, 0.15) is 17.6 Å². The van der Waals surface area contributed by atoms with Crippen LogP contribution in [0.15, 0.2) is 48.5 Å². The average molecular weight is 302 g/mol.